The molecule has 6 nitrogen and oxygen atoms in total. The van der Waals surface area contributed by atoms with Gasteiger partial charge in [-0.15, -0.1) is 0 Å². The van der Waals surface area contributed by atoms with Gasteiger partial charge in [0.05, 0.1) is 22.2 Å². The zero-order valence-corrected chi connectivity index (χ0v) is 14.7. The van der Waals surface area contributed by atoms with Crippen molar-refractivity contribution in [1.82, 2.24) is 0 Å². The minimum atomic E-state index is -0.500. The molecular weight excluding hydrogens is 376 g/mol. The van der Waals surface area contributed by atoms with Crippen LogP contribution in [-0.4, -0.2) is 17.9 Å². The third-order valence-corrected chi connectivity index (χ3v) is 3.91. The Morgan fingerprint density at radius 3 is 2.67 bits per heavy atom. The van der Waals surface area contributed by atoms with Gasteiger partial charge in [-0.3, -0.25) is 14.9 Å². The molecular formula is C17H15BrN2O4. The highest BCUT2D eigenvalue weighted by molar-refractivity contribution is 9.10. The fourth-order valence-corrected chi connectivity index (χ4v) is 2.55. The van der Waals surface area contributed by atoms with E-state index in [0.717, 1.165) is 15.6 Å². The number of nitrogens with one attached hydrogen (secondary N) is 1. The largest absolute Gasteiger partial charge is 0.496 e. The molecule has 0 spiro atoms. The van der Waals surface area contributed by atoms with Crippen LogP contribution < -0.4 is 10.1 Å². The number of hydrogen-bond acceptors (Lipinski definition) is 4. The van der Waals surface area contributed by atoms with Gasteiger partial charge in [0.15, 0.2) is 0 Å². The molecule has 24 heavy (non-hydrogen) atoms. The van der Waals surface area contributed by atoms with Gasteiger partial charge in [0.25, 0.3) is 5.69 Å². The monoisotopic (exact) mass is 390 g/mol. The summed E-state index contributed by atoms with van der Waals surface area (Å²) in [6.07, 6.45) is 3.01. The van der Waals surface area contributed by atoms with Gasteiger partial charge in [0, 0.05) is 18.2 Å². The predicted octanol–water partition coefficient (Wildman–Crippen LogP) is 4.33. The standard InChI is InChI=1S/C17H15BrN2O4/c1-11-3-6-13(20(22)23)10-15(11)19-17(21)8-5-12-4-7-16(24-2)14(18)9-12/h3-10H,1-2H3,(H,19,21)/b8-5+. The third-order valence-electron chi connectivity index (χ3n) is 3.29. The first-order chi connectivity index (χ1) is 11.4. The van der Waals surface area contributed by atoms with E-state index in [1.807, 2.05) is 12.1 Å². The summed E-state index contributed by atoms with van der Waals surface area (Å²) in [6.45, 7) is 1.77. The van der Waals surface area contributed by atoms with Crippen molar-refractivity contribution in [3.63, 3.8) is 0 Å². The summed E-state index contributed by atoms with van der Waals surface area (Å²) >= 11 is 3.38. The van der Waals surface area contributed by atoms with Gasteiger partial charge in [-0.1, -0.05) is 12.1 Å². The van der Waals surface area contributed by atoms with Gasteiger partial charge in [-0.2, -0.15) is 0 Å². The molecule has 0 aliphatic carbocycles. The average Bonchev–Trinajstić information content (AvgIpc) is 2.55. The summed E-state index contributed by atoms with van der Waals surface area (Å²) in [4.78, 5) is 22.3. The van der Waals surface area contributed by atoms with Crippen LogP contribution >= 0.6 is 15.9 Å². The quantitative estimate of drug-likeness (QED) is 0.468. The minimum Gasteiger partial charge on any atom is -0.496 e. The van der Waals surface area contributed by atoms with Gasteiger partial charge in [-0.05, 0) is 52.2 Å². The molecule has 0 saturated heterocycles. The lowest BCUT2D eigenvalue weighted by atomic mass is 10.1. The lowest BCUT2D eigenvalue weighted by molar-refractivity contribution is -0.384. The van der Waals surface area contributed by atoms with Crippen LogP contribution in [0, 0.1) is 17.0 Å². The van der Waals surface area contributed by atoms with Crippen molar-refractivity contribution in [3.8, 4) is 5.75 Å². The predicted molar refractivity (Wildman–Crippen MR) is 96.2 cm³/mol. The molecule has 0 radical (unpaired) electrons. The number of nitro groups is 1. The fraction of sp³-hybridized carbons (Fsp3) is 0.118. The van der Waals surface area contributed by atoms with Crippen molar-refractivity contribution in [2.75, 3.05) is 12.4 Å². The number of aryl methyl sites for hydroxylation is 1. The molecule has 0 heterocycles. The summed E-state index contributed by atoms with van der Waals surface area (Å²) in [5.74, 6) is 0.328. The number of amides is 1. The zero-order valence-electron chi connectivity index (χ0n) is 13.1. The molecule has 124 valence electrons. The van der Waals surface area contributed by atoms with Crippen molar-refractivity contribution >= 4 is 39.3 Å². The van der Waals surface area contributed by atoms with Crippen molar-refractivity contribution in [2.45, 2.75) is 6.92 Å². The zero-order chi connectivity index (χ0) is 17.7. The Morgan fingerprint density at radius 1 is 1.29 bits per heavy atom. The van der Waals surface area contributed by atoms with E-state index in [2.05, 4.69) is 21.2 Å². The Morgan fingerprint density at radius 2 is 2.04 bits per heavy atom. The summed E-state index contributed by atoms with van der Waals surface area (Å²) in [7, 11) is 1.57. The second-order valence-corrected chi connectivity index (χ2v) is 5.83. The lowest BCUT2D eigenvalue weighted by Crippen LogP contribution is -2.09. The van der Waals surface area contributed by atoms with E-state index in [0.29, 0.717) is 11.4 Å². The van der Waals surface area contributed by atoms with Crippen LogP contribution in [0.2, 0.25) is 0 Å². The van der Waals surface area contributed by atoms with Crippen molar-refractivity contribution < 1.29 is 14.5 Å². The summed E-state index contributed by atoms with van der Waals surface area (Å²) in [6, 6.07) is 9.75. The average molecular weight is 391 g/mol. The van der Waals surface area contributed by atoms with E-state index < -0.39 is 4.92 Å². The Balaban J connectivity index is 2.12. The molecule has 0 aliphatic heterocycles. The molecule has 0 fully saturated rings. The Labute approximate surface area is 147 Å². The molecule has 0 aromatic heterocycles. The normalized spacial score (nSPS) is 10.6. The van der Waals surface area contributed by atoms with Crippen molar-refractivity contribution in [2.24, 2.45) is 0 Å². The smallest absolute Gasteiger partial charge is 0.271 e. The van der Waals surface area contributed by atoms with E-state index >= 15 is 0 Å². The number of nitro benzene ring substituents is 1. The van der Waals surface area contributed by atoms with Gasteiger partial charge in [0.1, 0.15) is 5.75 Å². The number of hydrogen-bond donors (Lipinski definition) is 1. The number of ether oxygens (including phenoxy) is 1. The Hall–Kier alpha value is -2.67. The molecule has 0 saturated carbocycles. The number of methoxy groups -OCH3 is 1. The van der Waals surface area contributed by atoms with Crippen LogP contribution in [0.5, 0.6) is 5.75 Å². The molecule has 0 atom stereocenters. The second kappa shape index (κ2) is 7.74. The van der Waals surface area contributed by atoms with E-state index in [1.54, 1.807) is 32.2 Å². The minimum absolute atomic E-state index is 0.0704. The van der Waals surface area contributed by atoms with Crippen molar-refractivity contribution in [1.29, 1.82) is 0 Å². The van der Waals surface area contributed by atoms with Crippen LogP contribution in [-0.2, 0) is 4.79 Å². The lowest BCUT2D eigenvalue weighted by Gasteiger charge is -2.06. The number of carbonyl (C=O) groups excluding carboxylic acids is 1. The Kier molecular flexibility index (Phi) is 5.70. The summed E-state index contributed by atoms with van der Waals surface area (Å²) in [5, 5.41) is 13.5. The van der Waals surface area contributed by atoms with E-state index in [1.165, 1.54) is 18.2 Å². The van der Waals surface area contributed by atoms with Crippen molar-refractivity contribution in [3.05, 3.63) is 68.2 Å². The van der Waals surface area contributed by atoms with Gasteiger partial charge in [0.2, 0.25) is 5.91 Å². The summed E-state index contributed by atoms with van der Waals surface area (Å²) in [5.41, 5.74) is 1.90. The molecule has 1 amide bonds. The number of carbonyl (C=O) groups is 1. The first-order valence-corrected chi connectivity index (χ1v) is 7.77. The maximum Gasteiger partial charge on any atom is 0.271 e. The van der Waals surface area contributed by atoms with E-state index in [9.17, 15) is 14.9 Å². The maximum absolute atomic E-state index is 12.0. The number of benzene rings is 2. The molecule has 2 aromatic rings. The first kappa shape index (κ1) is 17.7. The van der Waals surface area contributed by atoms with Crippen LogP contribution in [0.4, 0.5) is 11.4 Å². The number of halogens is 1. The van der Waals surface area contributed by atoms with E-state index in [-0.39, 0.29) is 11.6 Å². The first-order valence-electron chi connectivity index (χ1n) is 6.98. The SMILES string of the molecule is COc1ccc(/C=C/C(=O)Nc2cc([N+](=O)[O-])ccc2C)cc1Br. The van der Waals surface area contributed by atoms with E-state index in [4.69, 9.17) is 4.74 Å². The number of rotatable bonds is 5. The molecule has 7 heteroatoms. The number of non-ortho nitro benzene ring substituents is 1. The van der Waals surface area contributed by atoms with Crippen LogP contribution in [0.25, 0.3) is 6.08 Å². The van der Waals surface area contributed by atoms with Crippen LogP contribution in [0.1, 0.15) is 11.1 Å². The molecule has 0 aliphatic rings. The molecule has 0 unspecified atom stereocenters. The number of anilines is 1. The fourth-order valence-electron chi connectivity index (χ4n) is 1.99. The third kappa shape index (κ3) is 4.42. The molecule has 2 rings (SSSR count). The highest BCUT2D eigenvalue weighted by Gasteiger charge is 2.10. The summed E-state index contributed by atoms with van der Waals surface area (Å²) < 4.78 is 5.92. The van der Waals surface area contributed by atoms with Crippen LogP contribution in [0.3, 0.4) is 0 Å². The van der Waals surface area contributed by atoms with Gasteiger partial charge < -0.3 is 10.1 Å². The maximum atomic E-state index is 12.0. The molecule has 1 N–H and O–H groups in total. The number of nitrogens with zero attached hydrogens (tertiary/aromatic N) is 1. The second-order valence-electron chi connectivity index (χ2n) is 4.97. The topological polar surface area (TPSA) is 81.5 Å². The highest BCUT2D eigenvalue weighted by atomic mass is 79.9. The Bertz CT molecular complexity index is 818. The molecule has 2 aromatic carbocycles. The molecule has 0 bridgehead atoms. The van der Waals surface area contributed by atoms with Crippen LogP contribution in [0.15, 0.2) is 46.9 Å². The van der Waals surface area contributed by atoms with Gasteiger partial charge in [-0.25, -0.2) is 0 Å². The van der Waals surface area contributed by atoms with Gasteiger partial charge >= 0.3 is 0 Å². The highest BCUT2D eigenvalue weighted by Crippen LogP contribution is 2.26.